The normalized spacial score (nSPS) is 19.1. The summed E-state index contributed by atoms with van der Waals surface area (Å²) >= 11 is 0. The van der Waals surface area contributed by atoms with Crippen molar-refractivity contribution in [2.45, 2.75) is 37.6 Å². The van der Waals surface area contributed by atoms with E-state index < -0.39 is 5.92 Å². The van der Waals surface area contributed by atoms with Crippen LogP contribution < -0.4 is 5.73 Å². The number of aromatic nitrogens is 2. The molecule has 0 bridgehead atoms. The summed E-state index contributed by atoms with van der Waals surface area (Å²) in [7, 11) is 0. The van der Waals surface area contributed by atoms with Gasteiger partial charge in [0.05, 0.1) is 6.54 Å². The first-order valence-electron chi connectivity index (χ1n) is 11.5. The molecule has 5 rings (SSSR count). The Bertz CT molecular complexity index is 1120. The van der Waals surface area contributed by atoms with E-state index in [0.29, 0.717) is 24.8 Å². The molecule has 0 aliphatic carbocycles. The number of rotatable bonds is 5. The number of pyridine rings is 2. The van der Waals surface area contributed by atoms with Crippen molar-refractivity contribution in [3.63, 3.8) is 0 Å². The summed E-state index contributed by atoms with van der Waals surface area (Å²) in [6.45, 7) is 2.24. The molecule has 2 fully saturated rings. The van der Waals surface area contributed by atoms with Crippen molar-refractivity contribution in [2.75, 3.05) is 32.0 Å². The van der Waals surface area contributed by atoms with Gasteiger partial charge in [0.2, 0.25) is 0 Å². The minimum absolute atomic E-state index is 0.0729. The van der Waals surface area contributed by atoms with Crippen LogP contribution >= 0.6 is 0 Å². The van der Waals surface area contributed by atoms with Crippen LogP contribution in [0.3, 0.4) is 0 Å². The van der Waals surface area contributed by atoms with E-state index in [1.807, 2.05) is 23.1 Å². The van der Waals surface area contributed by atoms with E-state index in [9.17, 15) is 8.78 Å². The van der Waals surface area contributed by atoms with Crippen LogP contribution in [-0.2, 0) is 11.3 Å². The summed E-state index contributed by atoms with van der Waals surface area (Å²) in [6, 6.07) is 12.3. The highest BCUT2D eigenvalue weighted by Crippen LogP contribution is 2.36. The standard InChI is InChI=1S/C26H28F2N4O/c27-26(28)7-10-32(17-26)16-22-13-20(1-2-23(22)19-5-11-33-12-6-19)21-14-24(25(29)31-15-21)18-3-8-30-9-4-18/h1-4,8-9,13-15,19H,5-7,10-12,16-17H2,(H2,29,31). The van der Waals surface area contributed by atoms with Gasteiger partial charge in [-0.05, 0) is 65.3 Å². The average molecular weight is 451 g/mol. The lowest BCUT2D eigenvalue weighted by atomic mass is 9.86. The van der Waals surface area contributed by atoms with Gasteiger partial charge in [-0.25, -0.2) is 13.8 Å². The number of benzene rings is 1. The number of halogens is 2. The number of nitrogens with zero attached hydrogens (tertiary/aromatic N) is 3. The van der Waals surface area contributed by atoms with Crippen molar-refractivity contribution in [1.82, 2.24) is 14.9 Å². The smallest absolute Gasteiger partial charge is 0.261 e. The van der Waals surface area contributed by atoms with Gasteiger partial charge in [0.15, 0.2) is 0 Å². The van der Waals surface area contributed by atoms with Gasteiger partial charge in [0, 0.05) is 62.4 Å². The summed E-state index contributed by atoms with van der Waals surface area (Å²) in [5.74, 6) is -1.75. The van der Waals surface area contributed by atoms with E-state index in [1.54, 1.807) is 18.6 Å². The molecule has 0 saturated carbocycles. The predicted molar refractivity (Wildman–Crippen MR) is 125 cm³/mol. The van der Waals surface area contributed by atoms with Crippen LogP contribution in [0.15, 0.2) is 55.0 Å². The van der Waals surface area contributed by atoms with E-state index in [2.05, 4.69) is 28.2 Å². The quantitative estimate of drug-likeness (QED) is 0.584. The monoisotopic (exact) mass is 450 g/mol. The summed E-state index contributed by atoms with van der Waals surface area (Å²) in [4.78, 5) is 10.4. The molecule has 5 nitrogen and oxygen atoms in total. The highest BCUT2D eigenvalue weighted by Gasteiger charge is 2.38. The molecular formula is C26H28F2N4O. The maximum absolute atomic E-state index is 13.9. The van der Waals surface area contributed by atoms with Gasteiger partial charge in [-0.15, -0.1) is 0 Å². The number of likely N-dealkylation sites (tertiary alicyclic amines) is 1. The zero-order valence-corrected chi connectivity index (χ0v) is 18.5. The first-order valence-corrected chi connectivity index (χ1v) is 11.5. The Labute approximate surface area is 192 Å². The second-order valence-corrected chi connectivity index (χ2v) is 9.01. The Morgan fingerprint density at radius 2 is 1.82 bits per heavy atom. The number of alkyl halides is 2. The van der Waals surface area contributed by atoms with Crippen LogP contribution in [-0.4, -0.2) is 47.1 Å². The molecule has 0 atom stereocenters. The lowest BCUT2D eigenvalue weighted by Crippen LogP contribution is -2.26. The Morgan fingerprint density at radius 3 is 2.55 bits per heavy atom. The van der Waals surface area contributed by atoms with E-state index in [1.165, 1.54) is 5.56 Å². The van der Waals surface area contributed by atoms with Gasteiger partial charge in [-0.3, -0.25) is 9.88 Å². The molecule has 0 radical (unpaired) electrons. The topological polar surface area (TPSA) is 64.3 Å². The summed E-state index contributed by atoms with van der Waals surface area (Å²) in [6.07, 6.45) is 7.08. The number of ether oxygens (including phenoxy) is 1. The molecule has 1 aromatic carbocycles. The first kappa shape index (κ1) is 21.9. The molecule has 2 saturated heterocycles. The fourth-order valence-corrected chi connectivity index (χ4v) is 4.91. The molecule has 0 spiro atoms. The molecular weight excluding hydrogens is 422 g/mol. The van der Waals surface area contributed by atoms with Gasteiger partial charge in [-0.2, -0.15) is 0 Å². The highest BCUT2D eigenvalue weighted by atomic mass is 19.3. The van der Waals surface area contributed by atoms with E-state index >= 15 is 0 Å². The Balaban J connectivity index is 1.51. The maximum atomic E-state index is 13.9. The van der Waals surface area contributed by atoms with E-state index in [-0.39, 0.29) is 13.0 Å². The lowest BCUT2D eigenvalue weighted by Gasteiger charge is -2.27. The van der Waals surface area contributed by atoms with Crippen molar-refractivity contribution >= 4 is 5.82 Å². The molecule has 0 unspecified atom stereocenters. The van der Waals surface area contributed by atoms with Crippen molar-refractivity contribution in [2.24, 2.45) is 0 Å². The Kier molecular flexibility index (Phi) is 6.08. The van der Waals surface area contributed by atoms with Gasteiger partial charge >= 0.3 is 0 Å². The van der Waals surface area contributed by atoms with Gasteiger partial charge in [0.25, 0.3) is 5.92 Å². The number of nitrogen functional groups attached to an aromatic ring is 1. The minimum atomic E-state index is -2.60. The molecule has 172 valence electrons. The largest absolute Gasteiger partial charge is 0.383 e. The van der Waals surface area contributed by atoms with E-state index in [0.717, 1.165) is 53.9 Å². The minimum Gasteiger partial charge on any atom is -0.383 e. The van der Waals surface area contributed by atoms with Crippen LogP contribution in [0.1, 0.15) is 36.3 Å². The zero-order valence-electron chi connectivity index (χ0n) is 18.5. The number of anilines is 1. The fraction of sp³-hybridized carbons (Fsp3) is 0.385. The van der Waals surface area contributed by atoms with Crippen LogP contribution in [0.2, 0.25) is 0 Å². The van der Waals surface area contributed by atoms with Crippen LogP contribution in [0.25, 0.3) is 22.3 Å². The summed E-state index contributed by atoms with van der Waals surface area (Å²) in [5, 5.41) is 0. The molecule has 33 heavy (non-hydrogen) atoms. The van der Waals surface area contributed by atoms with Crippen LogP contribution in [0.4, 0.5) is 14.6 Å². The predicted octanol–water partition coefficient (Wildman–Crippen LogP) is 5.13. The number of hydrogen-bond donors (Lipinski definition) is 1. The van der Waals surface area contributed by atoms with Crippen LogP contribution in [0, 0.1) is 0 Å². The fourth-order valence-electron chi connectivity index (χ4n) is 4.91. The molecule has 4 heterocycles. The molecule has 2 N–H and O–H groups in total. The Morgan fingerprint density at radius 1 is 1.03 bits per heavy atom. The highest BCUT2D eigenvalue weighted by molar-refractivity contribution is 5.79. The third-order valence-corrected chi connectivity index (χ3v) is 6.69. The first-order chi connectivity index (χ1) is 16.0. The van der Waals surface area contributed by atoms with Crippen LogP contribution in [0.5, 0.6) is 0 Å². The van der Waals surface area contributed by atoms with Crippen molar-refractivity contribution in [3.8, 4) is 22.3 Å². The van der Waals surface area contributed by atoms with Gasteiger partial charge in [0.1, 0.15) is 5.82 Å². The molecule has 2 aliphatic rings. The average Bonchev–Trinajstić information content (AvgIpc) is 3.18. The molecule has 2 aliphatic heterocycles. The maximum Gasteiger partial charge on any atom is 0.261 e. The molecule has 3 aromatic rings. The third-order valence-electron chi connectivity index (χ3n) is 6.69. The SMILES string of the molecule is Nc1ncc(-c2ccc(C3CCOCC3)c(CN3CCC(F)(F)C3)c2)cc1-c1ccncc1. The van der Waals surface area contributed by atoms with Gasteiger partial charge in [-0.1, -0.05) is 12.1 Å². The molecule has 2 aromatic heterocycles. The Hall–Kier alpha value is -2.90. The third kappa shape index (κ3) is 4.89. The number of nitrogens with two attached hydrogens (primary N) is 1. The number of hydrogen-bond acceptors (Lipinski definition) is 5. The van der Waals surface area contributed by atoms with Crippen molar-refractivity contribution < 1.29 is 13.5 Å². The summed E-state index contributed by atoms with van der Waals surface area (Å²) < 4.78 is 33.3. The van der Waals surface area contributed by atoms with Gasteiger partial charge < -0.3 is 10.5 Å². The lowest BCUT2D eigenvalue weighted by molar-refractivity contribution is 0.0114. The molecule has 0 amide bonds. The molecule has 7 heteroatoms. The summed E-state index contributed by atoms with van der Waals surface area (Å²) in [5.41, 5.74) is 12.3. The van der Waals surface area contributed by atoms with Crippen molar-refractivity contribution in [1.29, 1.82) is 0 Å². The van der Waals surface area contributed by atoms with E-state index in [4.69, 9.17) is 10.5 Å². The van der Waals surface area contributed by atoms with Crippen molar-refractivity contribution in [3.05, 3.63) is 66.1 Å². The second kappa shape index (κ2) is 9.15. The zero-order chi connectivity index (χ0) is 22.8. The second-order valence-electron chi connectivity index (χ2n) is 9.01.